The maximum atomic E-state index is 6.20. The lowest BCUT2D eigenvalue weighted by atomic mass is 10.0. The highest BCUT2D eigenvalue weighted by molar-refractivity contribution is 6.08. The molecule has 8 rings (SSSR count). The Morgan fingerprint density at radius 1 is 0.446 bits per heavy atom. The van der Waals surface area contributed by atoms with Crippen LogP contribution in [0.3, 0.4) is 0 Å². The van der Waals surface area contributed by atoms with E-state index in [1.165, 1.54) is 84.7 Å². The zero-order chi connectivity index (χ0) is 37.9. The molecule has 0 saturated carbocycles. The Kier molecular flexibility index (Phi) is 12.0. The van der Waals surface area contributed by atoms with Crippen molar-refractivity contribution in [1.29, 1.82) is 0 Å². The molecular weight excluding hydrogens is 685 g/mol. The third-order valence-electron chi connectivity index (χ3n) is 10.9. The van der Waals surface area contributed by atoms with Gasteiger partial charge >= 0.3 is 0 Å². The minimum Gasteiger partial charge on any atom is -0.437 e. The Balaban J connectivity index is 0.724. The predicted octanol–water partition coefficient (Wildman–Crippen LogP) is 13.2. The summed E-state index contributed by atoms with van der Waals surface area (Å²) in [6, 6.07) is 43.0. The average Bonchev–Trinajstić information content (AvgIpc) is 3.62. The van der Waals surface area contributed by atoms with Crippen LogP contribution in [0.5, 0.6) is 0 Å². The van der Waals surface area contributed by atoms with Crippen LogP contribution in [0, 0.1) is 6.92 Å². The molecular formula is C51H50N4O. The first-order chi connectivity index (χ1) is 27.7. The fourth-order valence-electron chi connectivity index (χ4n) is 7.71. The number of aromatic nitrogens is 4. The van der Waals surface area contributed by atoms with Gasteiger partial charge in [0, 0.05) is 51.7 Å². The number of unbranched alkanes of at least 4 members (excludes halogenated alkanes) is 6. The van der Waals surface area contributed by atoms with Crippen LogP contribution in [-0.2, 0) is 25.7 Å². The van der Waals surface area contributed by atoms with Crippen molar-refractivity contribution in [1.82, 2.24) is 19.9 Å². The molecule has 0 amide bonds. The minimum atomic E-state index is 0.684. The van der Waals surface area contributed by atoms with Crippen molar-refractivity contribution in [3.8, 4) is 33.8 Å². The number of nitrogens with zero attached hydrogens (tertiary/aromatic N) is 4. The van der Waals surface area contributed by atoms with E-state index in [0.717, 1.165) is 70.4 Å². The van der Waals surface area contributed by atoms with Crippen molar-refractivity contribution < 1.29 is 4.42 Å². The van der Waals surface area contributed by atoms with Crippen molar-refractivity contribution in [2.75, 3.05) is 0 Å². The molecule has 5 heterocycles. The molecule has 280 valence electrons. The molecule has 0 aliphatic carbocycles. The van der Waals surface area contributed by atoms with Crippen molar-refractivity contribution in [3.63, 3.8) is 0 Å². The van der Waals surface area contributed by atoms with Gasteiger partial charge < -0.3 is 4.42 Å². The highest BCUT2D eigenvalue weighted by atomic mass is 16.3. The standard InChI is InChI=1S/C51H50N4O/c1-37-22-29-45-44-20-13-21-46(50(44)56-51(45)55-37)48-31-26-41(36-54-48)17-9-4-2-7-14-38-23-27-43(28-24-38)49-34-39(32-33-52-49)15-8-3-5-10-16-40-25-30-47(53-35-40)42-18-11-6-12-19-42/h6,11-13,18-36H,2-5,7-10,14-17H2,1H3. The van der Waals surface area contributed by atoms with E-state index >= 15 is 0 Å². The van der Waals surface area contributed by atoms with Gasteiger partial charge in [0.05, 0.1) is 17.1 Å². The number of hydrogen-bond donors (Lipinski definition) is 0. The number of hydrogen-bond acceptors (Lipinski definition) is 5. The van der Waals surface area contributed by atoms with Crippen LogP contribution in [0.1, 0.15) is 79.3 Å². The van der Waals surface area contributed by atoms with Crippen LogP contribution in [0.25, 0.3) is 55.8 Å². The number of fused-ring (bicyclic) bond motifs is 3. The molecule has 0 aliphatic rings. The van der Waals surface area contributed by atoms with Crippen LogP contribution in [-0.4, -0.2) is 19.9 Å². The molecule has 0 atom stereocenters. The zero-order valence-electron chi connectivity index (χ0n) is 32.5. The summed E-state index contributed by atoms with van der Waals surface area (Å²) in [6.45, 7) is 1.99. The van der Waals surface area contributed by atoms with Gasteiger partial charge in [0.15, 0.2) is 0 Å². The fourth-order valence-corrected chi connectivity index (χ4v) is 7.71. The molecule has 56 heavy (non-hydrogen) atoms. The first-order valence-electron chi connectivity index (χ1n) is 20.4. The predicted molar refractivity (Wildman–Crippen MR) is 231 cm³/mol. The van der Waals surface area contributed by atoms with E-state index in [0.29, 0.717) is 5.71 Å². The molecule has 0 fully saturated rings. The fraction of sp³-hybridized carbons (Fsp3) is 0.255. The Labute approximate surface area is 330 Å². The summed E-state index contributed by atoms with van der Waals surface area (Å²) in [5.74, 6) is 0. The van der Waals surface area contributed by atoms with E-state index in [9.17, 15) is 0 Å². The number of benzene rings is 3. The topological polar surface area (TPSA) is 64.7 Å². The Bertz CT molecular complexity index is 2470. The molecule has 3 aromatic carbocycles. The van der Waals surface area contributed by atoms with E-state index in [1.807, 2.05) is 37.6 Å². The summed E-state index contributed by atoms with van der Waals surface area (Å²) in [7, 11) is 0. The van der Waals surface area contributed by atoms with E-state index < -0.39 is 0 Å². The number of rotatable bonds is 17. The van der Waals surface area contributed by atoms with Gasteiger partial charge in [0.1, 0.15) is 5.58 Å². The summed E-state index contributed by atoms with van der Waals surface area (Å²) in [6.07, 6.45) is 20.1. The van der Waals surface area contributed by atoms with Crippen molar-refractivity contribution >= 4 is 22.1 Å². The summed E-state index contributed by atoms with van der Waals surface area (Å²) >= 11 is 0. The monoisotopic (exact) mass is 734 g/mol. The van der Waals surface area contributed by atoms with Crippen molar-refractivity contribution in [3.05, 3.63) is 168 Å². The number of pyridine rings is 4. The van der Waals surface area contributed by atoms with Crippen molar-refractivity contribution in [2.24, 2.45) is 0 Å². The van der Waals surface area contributed by atoms with Crippen LogP contribution in [0.4, 0.5) is 0 Å². The molecule has 8 aromatic rings. The van der Waals surface area contributed by atoms with Crippen LogP contribution < -0.4 is 0 Å². The van der Waals surface area contributed by atoms with E-state index in [4.69, 9.17) is 14.4 Å². The third-order valence-corrected chi connectivity index (χ3v) is 10.9. The molecule has 0 radical (unpaired) electrons. The maximum Gasteiger partial charge on any atom is 0.227 e. The number of aryl methyl sites for hydroxylation is 5. The SMILES string of the molecule is Cc1ccc2c(n1)oc1c(-c3ccc(CCCCCCc4ccc(-c5cc(CCCCCCc6ccc(-c7ccccc7)nc6)ccn5)cc4)cn3)cccc12. The van der Waals surface area contributed by atoms with Gasteiger partial charge in [-0.2, -0.15) is 0 Å². The molecule has 0 aliphatic heterocycles. The van der Waals surface area contributed by atoms with E-state index in [2.05, 4.69) is 119 Å². The quantitative estimate of drug-likeness (QED) is 0.0872. The Morgan fingerprint density at radius 3 is 1.75 bits per heavy atom. The Morgan fingerprint density at radius 2 is 1.07 bits per heavy atom. The van der Waals surface area contributed by atoms with Gasteiger partial charge in [-0.15, -0.1) is 0 Å². The van der Waals surface area contributed by atoms with Gasteiger partial charge in [0.25, 0.3) is 0 Å². The van der Waals surface area contributed by atoms with Crippen molar-refractivity contribution in [2.45, 2.75) is 84.0 Å². The van der Waals surface area contributed by atoms with Crippen LogP contribution in [0.15, 0.2) is 144 Å². The van der Waals surface area contributed by atoms with Gasteiger partial charge in [-0.25, -0.2) is 4.98 Å². The van der Waals surface area contributed by atoms with E-state index in [-0.39, 0.29) is 0 Å². The lowest BCUT2D eigenvalue weighted by Gasteiger charge is -2.07. The first kappa shape index (κ1) is 37.0. The first-order valence-corrected chi connectivity index (χ1v) is 20.4. The largest absolute Gasteiger partial charge is 0.437 e. The smallest absolute Gasteiger partial charge is 0.227 e. The Hall–Kier alpha value is -5.94. The summed E-state index contributed by atoms with van der Waals surface area (Å²) in [4.78, 5) is 18.8. The highest BCUT2D eigenvalue weighted by Gasteiger charge is 2.14. The second kappa shape index (κ2) is 18.1. The van der Waals surface area contributed by atoms with Crippen LogP contribution in [0.2, 0.25) is 0 Å². The summed E-state index contributed by atoms with van der Waals surface area (Å²) in [5, 5.41) is 2.13. The molecule has 0 bridgehead atoms. The van der Waals surface area contributed by atoms with Gasteiger partial charge in [-0.05, 0) is 123 Å². The molecule has 0 unspecified atom stereocenters. The molecule has 0 saturated heterocycles. The van der Waals surface area contributed by atoms with Crippen LogP contribution >= 0.6 is 0 Å². The minimum absolute atomic E-state index is 0.684. The number of furan rings is 1. The lowest BCUT2D eigenvalue weighted by Crippen LogP contribution is -1.92. The number of para-hydroxylation sites is 1. The van der Waals surface area contributed by atoms with E-state index in [1.54, 1.807) is 0 Å². The molecule has 0 spiro atoms. The van der Waals surface area contributed by atoms with Gasteiger partial charge in [-0.1, -0.05) is 105 Å². The summed E-state index contributed by atoms with van der Waals surface area (Å²) in [5.41, 5.74) is 14.3. The second-order valence-corrected chi connectivity index (χ2v) is 15.1. The van der Waals surface area contributed by atoms with Gasteiger partial charge in [-0.3, -0.25) is 15.0 Å². The summed E-state index contributed by atoms with van der Waals surface area (Å²) < 4.78 is 6.20. The molecule has 5 aromatic heterocycles. The zero-order valence-corrected chi connectivity index (χ0v) is 32.5. The lowest BCUT2D eigenvalue weighted by molar-refractivity contribution is 0.639. The molecule has 5 heteroatoms. The normalized spacial score (nSPS) is 11.4. The average molecular weight is 735 g/mol. The highest BCUT2D eigenvalue weighted by Crippen LogP contribution is 2.34. The second-order valence-electron chi connectivity index (χ2n) is 15.1. The maximum absolute atomic E-state index is 6.20. The molecule has 5 nitrogen and oxygen atoms in total. The molecule has 0 N–H and O–H groups in total. The third kappa shape index (κ3) is 9.29. The van der Waals surface area contributed by atoms with Gasteiger partial charge in [0.2, 0.25) is 5.71 Å².